The minimum absolute atomic E-state index is 0.371. The number of aromatic amines is 1. The highest BCUT2D eigenvalue weighted by Gasteiger charge is 2.10. The van der Waals surface area contributed by atoms with Gasteiger partial charge in [-0.3, -0.25) is 0 Å². The summed E-state index contributed by atoms with van der Waals surface area (Å²) < 4.78 is 23.0. The van der Waals surface area contributed by atoms with Crippen molar-refractivity contribution in [2.24, 2.45) is 0 Å². The Hall–Kier alpha value is -1.33. The van der Waals surface area contributed by atoms with Crippen molar-refractivity contribution in [1.29, 1.82) is 0 Å². The van der Waals surface area contributed by atoms with Gasteiger partial charge in [0, 0.05) is 23.4 Å². The van der Waals surface area contributed by atoms with Crippen LogP contribution < -0.4 is 5.32 Å². The molecule has 0 aliphatic heterocycles. The number of aromatic nitrogens is 1. The summed E-state index contributed by atoms with van der Waals surface area (Å²) in [6.07, 6.45) is 4.05. The van der Waals surface area contributed by atoms with Crippen LogP contribution >= 0.6 is 0 Å². The number of likely N-dealkylation sites (N-methyl/N-ethyl adjacent to an activating group) is 1. The lowest BCUT2D eigenvalue weighted by Crippen LogP contribution is -2.09. The highest BCUT2D eigenvalue weighted by atomic mass is 32.2. The number of benzene rings is 1. The van der Waals surface area contributed by atoms with Crippen LogP contribution in [0.5, 0.6) is 0 Å². The molecule has 2 N–H and O–H groups in total. The number of hydrogen-bond acceptors (Lipinski definition) is 3. The Morgan fingerprint density at radius 1 is 1.35 bits per heavy atom. The second-order valence-corrected chi connectivity index (χ2v) is 6.16. The number of rotatable bonds is 4. The van der Waals surface area contributed by atoms with Gasteiger partial charge in [0.2, 0.25) is 0 Å². The molecule has 0 bridgehead atoms. The van der Waals surface area contributed by atoms with E-state index in [9.17, 15) is 8.42 Å². The second kappa shape index (κ2) is 4.50. The number of H-pyrrole nitrogens is 1. The predicted octanol–water partition coefficient (Wildman–Crippen LogP) is 1.33. The molecule has 0 spiro atoms. The highest BCUT2D eigenvalue weighted by Crippen LogP contribution is 2.22. The van der Waals surface area contributed by atoms with Crippen LogP contribution in [-0.4, -0.2) is 33.2 Å². The molecule has 1 aromatic heterocycles. The fraction of sp³-hybridized carbons (Fsp3) is 0.333. The zero-order valence-corrected chi connectivity index (χ0v) is 10.8. The van der Waals surface area contributed by atoms with Gasteiger partial charge in [-0.15, -0.1) is 0 Å². The first kappa shape index (κ1) is 12.1. The van der Waals surface area contributed by atoms with Crippen molar-refractivity contribution in [3.8, 4) is 0 Å². The Balaban J connectivity index is 2.50. The van der Waals surface area contributed by atoms with Crippen molar-refractivity contribution in [2.45, 2.75) is 11.3 Å². The van der Waals surface area contributed by atoms with Gasteiger partial charge < -0.3 is 10.3 Å². The van der Waals surface area contributed by atoms with E-state index in [1.807, 2.05) is 19.3 Å². The molecule has 2 rings (SSSR count). The van der Waals surface area contributed by atoms with Crippen LogP contribution in [0, 0.1) is 0 Å². The molecule has 0 unspecified atom stereocenters. The molecule has 0 aliphatic rings. The summed E-state index contributed by atoms with van der Waals surface area (Å²) in [6, 6.07) is 5.19. The zero-order chi connectivity index (χ0) is 12.5. The Kier molecular flexibility index (Phi) is 3.22. The molecule has 92 valence electrons. The maximum Gasteiger partial charge on any atom is 0.175 e. The summed E-state index contributed by atoms with van der Waals surface area (Å²) in [5.74, 6) is 0. The Morgan fingerprint density at radius 2 is 2.12 bits per heavy atom. The summed E-state index contributed by atoms with van der Waals surface area (Å²) in [5, 5.41) is 4.07. The van der Waals surface area contributed by atoms with E-state index in [1.165, 1.54) is 6.26 Å². The Bertz CT molecular complexity index is 629. The lowest BCUT2D eigenvalue weighted by Gasteiger charge is -2.01. The molecule has 0 radical (unpaired) electrons. The molecule has 5 heteroatoms. The molecule has 2 aromatic rings. The molecule has 1 heterocycles. The summed E-state index contributed by atoms with van der Waals surface area (Å²) in [5.41, 5.74) is 2.11. The minimum atomic E-state index is -3.14. The fourth-order valence-corrected chi connectivity index (χ4v) is 2.50. The monoisotopic (exact) mass is 252 g/mol. The Labute approximate surface area is 101 Å². The summed E-state index contributed by atoms with van der Waals surface area (Å²) in [7, 11) is -1.24. The van der Waals surface area contributed by atoms with Crippen LogP contribution in [0.15, 0.2) is 29.3 Å². The third-order valence-corrected chi connectivity index (χ3v) is 3.92. The van der Waals surface area contributed by atoms with Gasteiger partial charge in [-0.1, -0.05) is 0 Å². The van der Waals surface area contributed by atoms with Crippen molar-refractivity contribution in [3.05, 3.63) is 30.0 Å². The smallest absolute Gasteiger partial charge is 0.175 e. The molecular weight excluding hydrogens is 236 g/mol. The SMILES string of the molecule is CNCCc1c[nH]c2ccc(S(C)(=O)=O)cc12. The highest BCUT2D eigenvalue weighted by molar-refractivity contribution is 7.90. The maximum absolute atomic E-state index is 11.5. The van der Waals surface area contributed by atoms with Crippen LogP contribution in [-0.2, 0) is 16.3 Å². The minimum Gasteiger partial charge on any atom is -0.361 e. The molecule has 0 saturated carbocycles. The molecule has 17 heavy (non-hydrogen) atoms. The molecular formula is C12H16N2O2S. The molecule has 0 amide bonds. The largest absolute Gasteiger partial charge is 0.361 e. The van der Waals surface area contributed by atoms with Gasteiger partial charge in [0.05, 0.1) is 4.90 Å². The molecule has 0 aliphatic carbocycles. The van der Waals surface area contributed by atoms with E-state index in [2.05, 4.69) is 10.3 Å². The molecule has 0 atom stereocenters. The Morgan fingerprint density at radius 3 is 2.76 bits per heavy atom. The molecule has 4 nitrogen and oxygen atoms in total. The van der Waals surface area contributed by atoms with Crippen LogP contribution in [0.2, 0.25) is 0 Å². The van der Waals surface area contributed by atoms with E-state index >= 15 is 0 Å². The zero-order valence-electron chi connectivity index (χ0n) is 9.95. The second-order valence-electron chi connectivity index (χ2n) is 4.15. The van der Waals surface area contributed by atoms with Crippen LogP contribution in [0.25, 0.3) is 10.9 Å². The van der Waals surface area contributed by atoms with Gasteiger partial charge >= 0.3 is 0 Å². The number of hydrogen-bond donors (Lipinski definition) is 2. The van der Waals surface area contributed by atoms with E-state index in [0.29, 0.717) is 4.90 Å². The van der Waals surface area contributed by atoms with Crippen molar-refractivity contribution >= 4 is 20.7 Å². The van der Waals surface area contributed by atoms with Crippen LogP contribution in [0.1, 0.15) is 5.56 Å². The summed E-state index contributed by atoms with van der Waals surface area (Å²) >= 11 is 0. The normalized spacial score (nSPS) is 12.1. The van der Waals surface area contributed by atoms with Gasteiger partial charge in [0.25, 0.3) is 0 Å². The summed E-state index contributed by atoms with van der Waals surface area (Å²) in [6.45, 7) is 0.871. The number of nitrogens with one attached hydrogen (secondary N) is 2. The first-order valence-corrected chi connectivity index (χ1v) is 7.36. The van der Waals surface area contributed by atoms with Crippen LogP contribution in [0.4, 0.5) is 0 Å². The molecule has 0 saturated heterocycles. The van der Waals surface area contributed by atoms with E-state index < -0.39 is 9.84 Å². The van der Waals surface area contributed by atoms with Crippen LogP contribution in [0.3, 0.4) is 0 Å². The topological polar surface area (TPSA) is 62.0 Å². The van der Waals surface area contributed by atoms with Gasteiger partial charge in [0.1, 0.15) is 0 Å². The van der Waals surface area contributed by atoms with Gasteiger partial charge in [-0.25, -0.2) is 8.42 Å². The van der Waals surface area contributed by atoms with Crippen molar-refractivity contribution in [3.63, 3.8) is 0 Å². The first-order chi connectivity index (χ1) is 8.02. The fourth-order valence-electron chi connectivity index (χ4n) is 1.85. The predicted molar refractivity (Wildman–Crippen MR) is 69.0 cm³/mol. The van der Waals surface area contributed by atoms with Crippen molar-refractivity contribution in [2.75, 3.05) is 19.8 Å². The third kappa shape index (κ3) is 2.50. The molecule has 0 fully saturated rings. The first-order valence-electron chi connectivity index (χ1n) is 5.47. The van der Waals surface area contributed by atoms with Gasteiger partial charge in [0.15, 0.2) is 9.84 Å². The average Bonchev–Trinajstić information content (AvgIpc) is 2.67. The average molecular weight is 252 g/mol. The van der Waals surface area contributed by atoms with Crippen molar-refractivity contribution in [1.82, 2.24) is 10.3 Å². The number of fused-ring (bicyclic) bond motifs is 1. The van der Waals surface area contributed by atoms with E-state index in [-0.39, 0.29) is 0 Å². The van der Waals surface area contributed by atoms with E-state index in [4.69, 9.17) is 0 Å². The van der Waals surface area contributed by atoms with Crippen molar-refractivity contribution < 1.29 is 8.42 Å². The standard InChI is InChI=1S/C12H16N2O2S/c1-13-6-5-9-8-14-12-4-3-10(7-11(9)12)17(2,15)16/h3-4,7-8,13-14H,5-6H2,1-2H3. The molecule has 1 aromatic carbocycles. The van der Waals surface area contributed by atoms with E-state index in [0.717, 1.165) is 29.4 Å². The third-order valence-electron chi connectivity index (χ3n) is 2.81. The van der Waals surface area contributed by atoms with Gasteiger partial charge in [-0.2, -0.15) is 0 Å². The maximum atomic E-state index is 11.5. The lowest BCUT2D eigenvalue weighted by atomic mass is 10.1. The number of sulfone groups is 1. The quantitative estimate of drug-likeness (QED) is 0.863. The summed E-state index contributed by atoms with van der Waals surface area (Å²) in [4.78, 5) is 3.52. The van der Waals surface area contributed by atoms with Gasteiger partial charge in [-0.05, 0) is 43.8 Å². The lowest BCUT2D eigenvalue weighted by molar-refractivity contribution is 0.602. The van der Waals surface area contributed by atoms with E-state index in [1.54, 1.807) is 12.1 Å².